The van der Waals surface area contributed by atoms with Crippen LogP contribution in [0.1, 0.15) is 29.8 Å². The van der Waals surface area contributed by atoms with E-state index in [2.05, 4.69) is 39.2 Å². The lowest BCUT2D eigenvalue weighted by Gasteiger charge is -2.22. The third-order valence-electron chi connectivity index (χ3n) is 4.11. The van der Waals surface area contributed by atoms with Gasteiger partial charge in [0.25, 0.3) is 0 Å². The van der Waals surface area contributed by atoms with Gasteiger partial charge in [-0.1, -0.05) is 30.3 Å². The fourth-order valence-electron chi connectivity index (χ4n) is 2.66. The predicted octanol–water partition coefficient (Wildman–Crippen LogP) is 4.45. The molecule has 0 fully saturated rings. The highest BCUT2D eigenvalue weighted by Crippen LogP contribution is 2.19. The van der Waals surface area contributed by atoms with Crippen molar-refractivity contribution in [2.45, 2.75) is 20.4 Å². The third kappa shape index (κ3) is 4.45. The Morgan fingerprint density at radius 1 is 1.04 bits per heavy atom. The van der Waals surface area contributed by atoms with Gasteiger partial charge in [-0.15, -0.1) is 0 Å². The topological polar surface area (TPSA) is 58.1 Å². The number of benzene rings is 2. The molecule has 0 unspecified atom stereocenters. The molecular formula is C21H22N4O. The van der Waals surface area contributed by atoms with Gasteiger partial charge in [0.05, 0.1) is 0 Å². The van der Waals surface area contributed by atoms with Crippen LogP contribution < -0.4 is 10.2 Å². The first-order valence-corrected chi connectivity index (χ1v) is 8.65. The average molecular weight is 346 g/mol. The molecule has 0 bridgehead atoms. The summed E-state index contributed by atoms with van der Waals surface area (Å²) >= 11 is 0. The van der Waals surface area contributed by atoms with E-state index >= 15 is 0 Å². The van der Waals surface area contributed by atoms with Gasteiger partial charge < -0.3 is 10.2 Å². The van der Waals surface area contributed by atoms with Crippen LogP contribution in [0.3, 0.4) is 0 Å². The van der Waals surface area contributed by atoms with Gasteiger partial charge in [0.2, 0.25) is 5.95 Å². The Bertz CT molecular complexity index is 863. The minimum Gasteiger partial charge on any atom is -0.352 e. The van der Waals surface area contributed by atoms with Gasteiger partial charge in [-0.25, -0.2) is 4.98 Å². The second-order valence-corrected chi connectivity index (χ2v) is 6.00. The number of hydrogen-bond donors (Lipinski definition) is 1. The van der Waals surface area contributed by atoms with Crippen molar-refractivity contribution >= 4 is 23.2 Å². The summed E-state index contributed by atoms with van der Waals surface area (Å²) in [6.07, 6.45) is 1.75. The SMILES string of the molecule is CCN(Cc1ccccc1)c1ccnc(Nc2ccc(C(C)=O)cc2)n1. The molecule has 0 aliphatic heterocycles. The number of ketones is 1. The number of hydrogen-bond acceptors (Lipinski definition) is 5. The van der Waals surface area contributed by atoms with Crippen LogP contribution in [0, 0.1) is 0 Å². The standard InChI is InChI=1S/C21H22N4O/c1-3-25(15-17-7-5-4-6-8-17)20-13-14-22-21(24-20)23-19-11-9-18(10-12-19)16(2)26/h4-14H,3,15H2,1-2H3,(H,22,23,24). The fourth-order valence-corrected chi connectivity index (χ4v) is 2.66. The summed E-state index contributed by atoms with van der Waals surface area (Å²) in [5.74, 6) is 1.45. The summed E-state index contributed by atoms with van der Waals surface area (Å²) in [5, 5.41) is 3.19. The molecule has 0 atom stereocenters. The molecule has 132 valence electrons. The van der Waals surface area contributed by atoms with Crippen molar-refractivity contribution in [3.05, 3.63) is 78.0 Å². The maximum Gasteiger partial charge on any atom is 0.229 e. The Hall–Kier alpha value is -3.21. The largest absolute Gasteiger partial charge is 0.352 e. The van der Waals surface area contributed by atoms with Gasteiger partial charge in [0.1, 0.15) is 5.82 Å². The van der Waals surface area contributed by atoms with Crippen molar-refractivity contribution in [2.75, 3.05) is 16.8 Å². The molecule has 0 saturated carbocycles. The van der Waals surface area contributed by atoms with E-state index in [9.17, 15) is 4.79 Å². The number of nitrogens with zero attached hydrogens (tertiary/aromatic N) is 3. The summed E-state index contributed by atoms with van der Waals surface area (Å²) in [7, 11) is 0. The van der Waals surface area contributed by atoms with Gasteiger partial charge in [0, 0.05) is 30.5 Å². The van der Waals surface area contributed by atoms with E-state index in [4.69, 9.17) is 0 Å². The van der Waals surface area contributed by atoms with Crippen molar-refractivity contribution in [1.82, 2.24) is 9.97 Å². The molecule has 0 radical (unpaired) electrons. The molecule has 1 heterocycles. The average Bonchev–Trinajstić information content (AvgIpc) is 2.67. The zero-order valence-electron chi connectivity index (χ0n) is 15.0. The quantitative estimate of drug-likeness (QED) is 0.641. The maximum absolute atomic E-state index is 11.4. The third-order valence-corrected chi connectivity index (χ3v) is 4.11. The van der Waals surface area contributed by atoms with E-state index in [1.807, 2.05) is 36.4 Å². The number of Topliss-reactive ketones (excluding diaryl/α,β-unsaturated/α-hetero) is 1. The zero-order valence-corrected chi connectivity index (χ0v) is 15.0. The Morgan fingerprint density at radius 2 is 1.77 bits per heavy atom. The molecule has 2 aromatic carbocycles. The Morgan fingerprint density at radius 3 is 2.42 bits per heavy atom. The van der Waals surface area contributed by atoms with Crippen LogP contribution in [0.2, 0.25) is 0 Å². The number of nitrogens with one attached hydrogen (secondary N) is 1. The molecule has 26 heavy (non-hydrogen) atoms. The van der Waals surface area contributed by atoms with Crippen LogP contribution in [0.15, 0.2) is 66.9 Å². The summed E-state index contributed by atoms with van der Waals surface area (Å²) < 4.78 is 0. The van der Waals surface area contributed by atoms with Gasteiger partial charge >= 0.3 is 0 Å². The van der Waals surface area contributed by atoms with Crippen LogP contribution >= 0.6 is 0 Å². The van der Waals surface area contributed by atoms with E-state index in [1.165, 1.54) is 5.56 Å². The van der Waals surface area contributed by atoms with Crippen LogP contribution in [-0.2, 0) is 6.54 Å². The number of aromatic nitrogens is 2. The Labute approximate surface area is 153 Å². The summed E-state index contributed by atoms with van der Waals surface area (Å²) in [4.78, 5) is 22.5. The van der Waals surface area contributed by atoms with E-state index in [-0.39, 0.29) is 5.78 Å². The number of carbonyl (C=O) groups excluding carboxylic acids is 1. The van der Waals surface area contributed by atoms with E-state index < -0.39 is 0 Å². The molecule has 0 saturated heterocycles. The number of rotatable bonds is 7. The van der Waals surface area contributed by atoms with Crippen molar-refractivity contribution in [1.29, 1.82) is 0 Å². The minimum atomic E-state index is 0.0503. The first kappa shape index (κ1) is 17.6. The highest BCUT2D eigenvalue weighted by atomic mass is 16.1. The van der Waals surface area contributed by atoms with Gasteiger partial charge in [-0.2, -0.15) is 4.98 Å². The molecular weight excluding hydrogens is 324 g/mol. The van der Waals surface area contributed by atoms with E-state index in [0.29, 0.717) is 11.5 Å². The second kappa shape index (κ2) is 8.25. The summed E-state index contributed by atoms with van der Waals surface area (Å²) in [5.41, 5.74) is 2.77. The lowest BCUT2D eigenvalue weighted by Crippen LogP contribution is -2.23. The van der Waals surface area contributed by atoms with Crippen molar-refractivity contribution in [2.24, 2.45) is 0 Å². The van der Waals surface area contributed by atoms with Crippen LogP contribution in [-0.4, -0.2) is 22.3 Å². The van der Waals surface area contributed by atoms with Gasteiger partial charge in [-0.3, -0.25) is 4.79 Å². The lowest BCUT2D eigenvalue weighted by atomic mass is 10.1. The van der Waals surface area contributed by atoms with Gasteiger partial charge in [0.15, 0.2) is 5.78 Å². The molecule has 3 rings (SSSR count). The lowest BCUT2D eigenvalue weighted by molar-refractivity contribution is 0.101. The summed E-state index contributed by atoms with van der Waals surface area (Å²) in [6, 6.07) is 19.5. The predicted molar refractivity (Wildman–Crippen MR) is 105 cm³/mol. The molecule has 0 spiro atoms. The Balaban J connectivity index is 1.75. The molecule has 5 heteroatoms. The number of carbonyl (C=O) groups is 1. The van der Waals surface area contributed by atoms with Crippen molar-refractivity contribution in [3.8, 4) is 0 Å². The smallest absolute Gasteiger partial charge is 0.229 e. The molecule has 1 aromatic heterocycles. The highest BCUT2D eigenvalue weighted by Gasteiger charge is 2.09. The minimum absolute atomic E-state index is 0.0503. The molecule has 0 aliphatic carbocycles. The van der Waals surface area contributed by atoms with E-state index in [1.54, 1.807) is 25.3 Å². The van der Waals surface area contributed by atoms with Crippen LogP contribution in [0.4, 0.5) is 17.5 Å². The zero-order chi connectivity index (χ0) is 18.4. The monoisotopic (exact) mass is 346 g/mol. The van der Waals surface area contributed by atoms with Crippen molar-refractivity contribution < 1.29 is 4.79 Å². The van der Waals surface area contributed by atoms with E-state index in [0.717, 1.165) is 24.6 Å². The molecule has 0 amide bonds. The van der Waals surface area contributed by atoms with Crippen LogP contribution in [0.25, 0.3) is 0 Å². The molecule has 3 aromatic rings. The first-order valence-electron chi connectivity index (χ1n) is 8.65. The van der Waals surface area contributed by atoms with Crippen LogP contribution in [0.5, 0.6) is 0 Å². The normalized spacial score (nSPS) is 10.4. The second-order valence-electron chi connectivity index (χ2n) is 6.00. The Kier molecular flexibility index (Phi) is 5.59. The molecule has 1 N–H and O–H groups in total. The fraction of sp³-hybridized carbons (Fsp3) is 0.190. The molecule has 5 nitrogen and oxygen atoms in total. The van der Waals surface area contributed by atoms with Crippen molar-refractivity contribution in [3.63, 3.8) is 0 Å². The summed E-state index contributed by atoms with van der Waals surface area (Å²) in [6.45, 7) is 5.31. The van der Waals surface area contributed by atoms with Gasteiger partial charge in [-0.05, 0) is 49.7 Å². The number of anilines is 3. The molecule has 0 aliphatic rings. The first-order chi connectivity index (χ1) is 12.7. The highest BCUT2D eigenvalue weighted by molar-refractivity contribution is 5.94. The maximum atomic E-state index is 11.4.